The number of benzene rings is 2. The number of aryl methyl sites for hydroxylation is 2. The molecule has 0 saturated carbocycles. The average molecular weight is 636 g/mol. The van der Waals surface area contributed by atoms with Crippen molar-refractivity contribution in [2.24, 2.45) is 0 Å². The molecule has 178 valence electrons. The standard InChI is InChI=1S/C13H10BrClN4.C11H9BrClN3/c1-9-2-3-11(10(14)8-9)19(7-5-16)12-4-6-17-13(15)18-12;1-7-2-3-9(8(12)6-7)15-10-4-5-14-11(13)16-10/h2-4,6,8H,7H2,1H3;2-6H,1H3,(H,14,15,16). The largest absolute Gasteiger partial charge is 0.339 e. The Labute approximate surface area is 230 Å². The minimum absolute atomic E-state index is 0.156. The molecule has 0 unspecified atom stereocenters. The van der Waals surface area contributed by atoms with Gasteiger partial charge < -0.3 is 10.2 Å². The predicted octanol–water partition coefficient (Wildman–Crippen LogP) is 7.81. The summed E-state index contributed by atoms with van der Waals surface area (Å²) < 4.78 is 1.89. The Morgan fingerprint density at radius 2 is 1.51 bits per heavy atom. The van der Waals surface area contributed by atoms with E-state index in [4.69, 9.17) is 28.5 Å². The lowest BCUT2D eigenvalue weighted by atomic mass is 10.2. The maximum atomic E-state index is 8.99. The fraction of sp³-hybridized carbons (Fsp3) is 0.125. The van der Waals surface area contributed by atoms with Crippen molar-refractivity contribution < 1.29 is 0 Å². The summed E-state index contributed by atoms with van der Waals surface area (Å²) in [6, 6.07) is 17.6. The molecule has 0 spiro atoms. The molecule has 2 aromatic heterocycles. The zero-order valence-electron chi connectivity index (χ0n) is 18.7. The van der Waals surface area contributed by atoms with Crippen molar-refractivity contribution in [1.82, 2.24) is 19.9 Å². The molecule has 0 aliphatic rings. The molecule has 0 bridgehead atoms. The molecule has 0 atom stereocenters. The van der Waals surface area contributed by atoms with E-state index in [1.54, 1.807) is 29.4 Å². The van der Waals surface area contributed by atoms with Gasteiger partial charge >= 0.3 is 0 Å². The summed E-state index contributed by atoms with van der Waals surface area (Å²) in [7, 11) is 0. The molecule has 2 heterocycles. The SMILES string of the molecule is Cc1ccc(N(CC#N)c2ccnc(Cl)n2)c(Br)c1.Cc1ccc(Nc2ccnc(Cl)n2)c(Br)c1. The Hall–Kier alpha value is -2.77. The van der Waals surface area contributed by atoms with Crippen LogP contribution in [-0.2, 0) is 0 Å². The molecule has 7 nitrogen and oxygen atoms in total. The van der Waals surface area contributed by atoms with Crippen molar-refractivity contribution in [2.45, 2.75) is 13.8 Å². The molecule has 0 amide bonds. The first kappa shape index (κ1) is 26.8. The summed E-state index contributed by atoms with van der Waals surface area (Å²) in [6.45, 7) is 4.22. The van der Waals surface area contributed by atoms with Crippen LogP contribution in [0.25, 0.3) is 0 Å². The fourth-order valence-electron chi connectivity index (χ4n) is 2.93. The number of aromatic nitrogens is 4. The number of hydrogen-bond donors (Lipinski definition) is 1. The van der Waals surface area contributed by atoms with Crippen LogP contribution in [0.5, 0.6) is 0 Å². The predicted molar refractivity (Wildman–Crippen MR) is 148 cm³/mol. The minimum Gasteiger partial charge on any atom is -0.339 e. The van der Waals surface area contributed by atoms with Gasteiger partial charge in [-0.25, -0.2) is 19.9 Å². The van der Waals surface area contributed by atoms with E-state index in [0.29, 0.717) is 11.6 Å². The summed E-state index contributed by atoms with van der Waals surface area (Å²) in [5, 5.41) is 12.5. The average Bonchev–Trinajstić information content (AvgIpc) is 2.80. The van der Waals surface area contributed by atoms with Gasteiger partial charge in [-0.2, -0.15) is 5.26 Å². The molecule has 4 aromatic rings. The van der Waals surface area contributed by atoms with Crippen molar-refractivity contribution >= 4 is 78.1 Å². The maximum absolute atomic E-state index is 8.99. The Balaban J connectivity index is 0.000000198. The van der Waals surface area contributed by atoms with Crippen LogP contribution in [0.2, 0.25) is 10.6 Å². The molecule has 11 heteroatoms. The molecule has 2 aromatic carbocycles. The summed E-state index contributed by atoms with van der Waals surface area (Å²) in [4.78, 5) is 17.6. The second-order valence-corrected chi connectivity index (χ2v) is 9.59. The van der Waals surface area contributed by atoms with Crippen LogP contribution in [0.1, 0.15) is 11.1 Å². The lowest BCUT2D eigenvalue weighted by molar-refractivity contribution is 1.02. The van der Waals surface area contributed by atoms with Crippen LogP contribution in [0.4, 0.5) is 23.0 Å². The summed E-state index contributed by atoms with van der Waals surface area (Å²) >= 11 is 18.5. The van der Waals surface area contributed by atoms with Crippen LogP contribution in [-0.4, -0.2) is 26.5 Å². The normalized spacial score (nSPS) is 10.1. The van der Waals surface area contributed by atoms with Gasteiger partial charge in [-0.15, -0.1) is 0 Å². The molecule has 0 radical (unpaired) electrons. The summed E-state index contributed by atoms with van der Waals surface area (Å²) in [6.07, 6.45) is 3.18. The van der Waals surface area contributed by atoms with Crippen LogP contribution in [0, 0.1) is 25.2 Å². The van der Waals surface area contributed by atoms with E-state index in [0.717, 1.165) is 25.9 Å². The van der Waals surface area contributed by atoms with E-state index in [2.05, 4.69) is 63.2 Å². The zero-order chi connectivity index (χ0) is 25.4. The van der Waals surface area contributed by atoms with Gasteiger partial charge in [0.05, 0.1) is 17.4 Å². The van der Waals surface area contributed by atoms with Crippen molar-refractivity contribution in [3.05, 3.63) is 91.6 Å². The number of anilines is 4. The zero-order valence-corrected chi connectivity index (χ0v) is 23.4. The number of nitrogens with zero attached hydrogens (tertiary/aromatic N) is 6. The second-order valence-electron chi connectivity index (χ2n) is 7.20. The van der Waals surface area contributed by atoms with Crippen molar-refractivity contribution in [2.75, 3.05) is 16.8 Å². The highest BCUT2D eigenvalue weighted by atomic mass is 79.9. The third kappa shape index (κ3) is 7.87. The Morgan fingerprint density at radius 3 is 2.11 bits per heavy atom. The number of nitrogens with one attached hydrogen (secondary N) is 1. The van der Waals surface area contributed by atoms with Gasteiger partial charge in [0, 0.05) is 21.3 Å². The third-order valence-electron chi connectivity index (χ3n) is 4.52. The molecule has 1 N–H and O–H groups in total. The molecule has 0 fully saturated rings. The Morgan fingerprint density at radius 1 is 0.886 bits per heavy atom. The molecular weight excluding hydrogens is 617 g/mol. The van der Waals surface area contributed by atoms with Gasteiger partial charge in [-0.3, -0.25) is 0 Å². The van der Waals surface area contributed by atoms with Gasteiger partial charge in [0.25, 0.3) is 0 Å². The molecule has 0 saturated heterocycles. The van der Waals surface area contributed by atoms with Crippen LogP contribution < -0.4 is 10.2 Å². The van der Waals surface area contributed by atoms with Gasteiger partial charge in [0.1, 0.15) is 18.2 Å². The highest BCUT2D eigenvalue weighted by molar-refractivity contribution is 9.11. The van der Waals surface area contributed by atoms with Crippen LogP contribution in [0.3, 0.4) is 0 Å². The number of nitriles is 1. The lowest BCUT2D eigenvalue weighted by Gasteiger charge is -2.22. The molecule has 4 rings (SSSR count). The second kappa shape index (κ2) is 12.8. The first-order valence-electron chi connectivity index (χ1n) is 10.2. The van der Waals surface area contributed by atoms with E-state index >= 15 is 0 Å². The number of halogens is 4. The van der Waals surface area contributed by atoms with Crippen molar-refractivity contribution in [3.63, 3.8) is 0 Å². The van der Waals surface area contributed by atoms with Gasteiger partial charge in [-0.05, 0) is 116 Å². The van der Waals surface area contributed by atoms with E-state index in [1.807, 2.05) is 50.2 Å². The summed E-state index contributed by atoms with van der Waals surface area (Å²) in [5.41, 5.74) is 4.13. The highest BCUT2D eigenvalue weighted by Gasteiger charge is 2.14. The van der Waals surface area contributed by atoms with E-state index < -0.39 is 0 Å². The summed E-state index contributed by atoms with van der Waals surface area (Å²) in [5.74, 6) is 1.26. The molecule has 0 aliphatic heterocycles. The molecular formula is C24H19Br2Cl2N7. The minimum atomic E-state index is 0.156. The molecule has 0 aliphatic carbocycles. The number of rotatable bonds is 5. The van der Waals surface area contributed by atoms with Crippen LogP contribution >= 0.6 is 55.1 Å². The molecule has 35 heavy (non-hydrogen) atoms. The lowest BCUT2D eigenvalue weighted by Crippen LogP contribution is -2.19. The maximum Gasteiger partial charge on any atom is 0.224 e. The van der Waals surface area contributed by atoms with Gasteiger partial charge in [0.15, 0.2) is 0 Å². The van der Waals surface area contributed by atoms with Gasteiger partial charge in [0.2, 0.25) is 10.6 Å². The Kier molecular flexibility index (Phi) is 9.81. The van der Waals surface area contributed by atoms with Crippen molar-refractivity contribution in [3.8, 4) is 6.07 Å². The number of hydrogen-bond acceptors (Lipinski definition) is 7. The van der Waals surface area contributed by atoms with Crippen LogP contribution in [0.15, 0.2) is 69.9 Å². The fourth-order valence-corrected chi connectivity index (χ4v) is 4.52. The van der Waals surface area contributed by atoms with Gasteiger partial charge in [-0.1, -0.05) is 12.1 Å². The third-order valence-corrected chi connectivity index (χ3v) is 6.18. The highest BCUT2D eigenvalue weighted by Crippen LogP contribution is 2.32. The van der Waals surface area contributed by atoms with Crippen molar-refractivity contribution in [1.29, 1.82) is 5.26 Å². The Bertz CT molecular complexity index is 1360. The van der Waals surface area contributed by atoms with E-state index in [9.17, 15) is 0 Å². The van der Waals surface area contributed by atoms with E-state index in [-0.39, 0.29) is 17.1 Å². The monoisotopic (exact) mass is 633 g/mol. The first-order valence-corrected chi connectivity index (χ1v) is 12.5. The quantitative estimate of drug-likeness (QED) is 0.177. The smallest absolute Gasteiger partial charge is 0.224 e. The topological polar surface area (TPSA) is 90.6 Å². The van der Waals surface area contributed by atoms with E-state index in [1.165, 1.54) is 5.56 Å². The first-order chi connectivity index (χ1) is 16.8.